The number of fused-ring (bicyclic) bond motifs is 1. The Morgan fingerprint density at radius 1 is 0.952 bits per heavy atom. The van der Waals surface area contributed by atoms with Gasteiger partial charge in [-0.2, -0.15) is 0 Å². The number of nitrogens with one attached hydrogen (secondary N) is 1. The van der Waals surface area contributed by atoms with Crippen molar-refractivity contribution in [3.05, 3.63) is 59.8 Å². The van der Waals surface area contributed by atoms with Gasteiger partial charge in [0.2, 0.25) is 0 Å². The van der Waals surface area contributed by atoms with Crippen molar-refractivity contribution in [1.29, 1.82) is 0 Å². The molecule has 0 saturated carbocycles. The monoisotopic (exact) mass is 278 g/mol. The Morgan fingerprint density at radius 2 is 1.76 bits per heavy atom. The summed E-state index contributed by atoms with van der Waals surface area (Å²) in [5.74, 6) is 0.825. The molecule has 3 rings (SSSR count). The van der Waals surface area contributed by atoms with Crippen molar-refractivity contribution < 1.29 is 4.74 Å². The molecule has 1 heterocycles. The second kappa shape index (κ2) is 5.44. The van der Waals surface area contributed by atoms with E-state index >= 15 is 0 Å². The molecule has 0 fully saturated rings. The van der Waals surface area contributed by atoms with Gasteiger partial charge in [-0.3, -0.25) is 4.98 Å². The van der Waals surface area contributed by atoms with E-state index in [0.29, 0.717) is 0 Å². The van der Waals surface area contributed by atoms with Gasteiger partial charge in [0, 0.05) is 17.3 Å². The van der Waals surface area contributed by atoms with E-state index in [1.54, 1.807) is 7.11 Å². The smallest absolute Gasteiger partial charge is 0.142 e. The molecule has 0 aliphatic heterocycles. The van der Waals surface area contributed by atoms with Gasteiger partial charge in [-0.25, -0.2) is 0 Å². The standard InChI is InChI=1S/C18H18N2O/c1-12-8-9-14-15(10-11-19-18(14)13(12)2)20-16-6-4-5-7-17(16)21-3/h4-11H,1-3H3,(H,19,20). The highest BCUT2D eigenvalue weighted by Gasteiger charge is 2.08. The Hall–Kier alpha value is -2.55. The van der Waals surface area contributed by atoms with Crippen molar-refractivity contribution >= 4 is 22.3 Å². The van der Waals surface area contributed by atoms with Gasteiger partial charge in [-0.15, -0.1) is 0 Å². The average Bonchev–Trinajstić information content (AvgIpc) is 2.52. The predicted octanol–water partition coefficient (Wildman–Crippen LogP) is 4.60. The van der Waals surface area contributed by atoms with Gasteiger partial charge < -0.3 is 10.1 Å². The summed E-state index contributed by atoms with van der Waals surface area (Å²) < 4.78 is 5.39. The first kappa shape index (κ1) is 13.4. The molecule has 106 valence electrons. The summed E-state index contributed by atoms with van der Waals surface area (Å²) in [6.07, 6.45) is 1.84. The van der Waals surface area contributed by atoms with Crippen LogP contribution < -0.4 is 10.1 Å². The SMILES string of the molecule is COc1ccccc1Nc1ccnc2c(C)c(C)ccc12. The minimum absolute atomic E-state index is 0.825. The van der Waals surface area contributed by atoms with Crippen molar-refractivity contribution in [2.24, 2.45) is 0 Å². The Bertz CT molecular complexity index is 796. The average molecular weight is 278 g/mol. The molecular weight excluding hydrogens is 260 g/mol. The molecular formula is C18H18N2O. The predicted molar refractivity (Wildman–Crippen MR) is 87.5 cm³/mol. The summed E-state index contributed by atoms with van der Waals surface area (Å²) in [5.41, 5.74) is 5.49. The van der Waals surface area contributed by atoms with E-state index in [9.17, 15) is 0 Å². The van der Waals surface area contributed by atoms with Gasteiger partial charge in [0.15, 0.2) is 0 Å². The van der Waals surface area contributed by atoms with Crippen LogP contribution in [0.15, 0.2) is 48.7 Å². The Morgan fingerprint density at radius 3 is 2.57 bits per heavy atom. The summed E-state index contributed by atoms with van der Waals surface area (Å²) in [4.78, 5) is 4.52. The third-order valence-corrected chi connectivity index (χ3v) is 3.81. The van der Waals surface area contributed by atoms with Crippen LogP contribution in [0.2, 0.25) is 0 Å². The fourth-order valence-electron chi connectivity index (χ4n) is 2.46. The number of rotatable bonds is 3. The van der Waals surface area contributed by atoms with E-state index in [4.69, 9.17) is 4.74 Å². The van der Waals surface area contributed by atoms with Gasteiger partial charge in [0.1, 0.15) is 5.75 Å². The number of aryl methyl sites for hydroxylation is 2. The number of hydrogen-bond donors (Lipinski definition) is 1. The maximum Gasteiger partial charge on any atom is 0.142 e. The van der Waals surface area contributed by atoms with Crippen molar-refractivity contribution in [2.45, 2.75) is 13.8 Å². The normalized spacial score (nSPS) is 10.6. The number of para-hydroxylation sites is 2. The van der Waals surface area contributed by atoms with Crippen LogP contribution in [-0.4, -0.2) is 12.1 Å². The first-order valence-electron chi connectivity index (χ1n) is 6.95. The van der Waals surface area contributed by atoms with E-state index in [1.165, 1.54) is 11.1 Å². The maximum atomic E-state index is 5.39. The molecule has 0 bridgehead atoms. The minimum atomic E-state index is 0.825. The van der Waals surface area contributed by atoms with Crippen molar-refractivity contribution in [3.8, 4) is 5.75 Å². The van der Waals surface area contributed by atoms with Gasteiger partial charge in [0.05, 0.1) is 18.3 Å². The number of anilines is 2. The fourth-order valence-corrected chi connectivity index (χ4v) is 2.46. The summed E-state index contributed by atoms with van der Waals surface area (Å²) in [5, 5.41) is 4.57. The van der Waals surface area contributed by atoms with Crippen LogP contribution in [0.5, 0.6) is 5.75 Å². The van der Waals surface area contributed by atoms with Crippen molar-refractivity contribution in [3.63, 3.8) is 0 Å². The molecule has 0 atom stereocenters. The molecule has 2 aromatic carbocycles. The molecule has 0 aliphatic carbocycles. The maximum absolute atomic E-state index is 5.39. The second-order valence-corrected chi connectivity index (χ2v) is 5.09. The van der Waals surface area contributed by atoms with E-state index in [0.717, 1.165) is 28.0 Å². The van der Waals surface area contributed by atoms with Gasteiger partial charge in [-0.1, -0.05) is 24.3 Å². The quantitative estimate of drug-likeness (QED) is 0.760. The highest BCUT2D eigenvalue weighted by molar-refractivity contribution is 5.95. The van der Waals surface area contributed by atoms with Crippen LogP contribution in [0.3, 0.4) is 0 Å². The zero-order valence-electron chi connectivity index (χ0n) is 12.5. The number of nitrogens with zero attached hydrogens (tertiary/aromatic N) is 1. The number of benzene rings is 2. The molecule has 3 aromatic rings. The van der Waals surface area contributed by atoms with Crippen LogP contribution in [0, 0.1) is 13.8 Å². The lowest BCUT2D eigenvalue weighted by Gasteiger charge is -2.14. The van der Waals surface area contributed by atoms with Gasteiger partial charge in [-0.05, 0) is 43.2 Å². The topological polar surface area (TPSA) is 34.1 Å². The van der Waals surface area contributed by atoms with Crippen LogP contribution in [0.1, 0.15) is 11.1 Å². The summed E-state index contributed by atoms with van der Waals surface area (Å²) in [7, 11) is 1.68. The first-order chi connectivity index (χ1) is 10.2. The third kappa shape index (κ3) is 2.42. The Labute approximate surface area is 124 Å². The van der Waals surface area contributed by atoms with E-state index in [2.05, 4.69) is 36.3 Å². The van der Waals surface area contributed by atoms with Crippen LogP contribution in [0.25, 0.3) is 10.9 Å². The molecule has 0 amide bonds. The van der Waals surface area contributed by atoms with Crippen molar-refractivity contribution in [1.82, 2.24) is 4.98 Å². The molecule has 0 unspecified atom stereocenters. The fraction of sp³-hybridized carbons (Fsp3) is 0.167. The zero-order chi connectivity index (χ0) is 14.8. The lowest BCUT2D eigenvalue weighted by atomic mass is 10.0. The molecule has 0 radical (unpaired) electrons. The lowest BCUT2D eigenvalue weighted by molar-refractivity contribution is 0.417. The summed E-state index contributed by atoms with van der Waals surface area (Å²) in [6, 6.07) is 14.1. The van der Waals surface area contributed by atoms with Crippen LogP contribution in [0.4, 0.5) is 11.4 Å². The molecule has 0 saturated heterocycles. The van der Waals surface area contributed by atoms with Gasteiger partial charge in [0.25, 0.3) is 0 Å². The highest BCUT2D eigenvalue weighted by Crippen LogP contribution is 2.31. The van der Waals surface area contributed by atoms with Crippen molar-refractivity contribution in [2.75, 3.05) is 12.4 Å². The molecule has 0 aliphatic rings. The number of hydrogen-bond acceptors (Lipinski definition) is 3. The molecule has 3 heteroatoms. The second-order valence-electron chi connectivity index (χ2n) is 5.09. The zero-order valence-corrected chi connectivity index (χ0v) is 12.5. The number of aromatic nitrogens is 1. The molecule has 0 spiro atoms. The number of methoxy groups -OCH3 is 1. The number of ether oxygens (including phenoxy) is 1. The summed E-state index contributed by atoms with van der Waals surface area (Å²) in [6.45, 7) is 4.22. The van der Waals surface area contributed by atoms with Crippen LogP contribution in [-0.2, 0) is 0 Å². The van der Waals surface area contributed by atoms with E-state index < -0.39 is 0 Å². The molecule has 1 N–H and O–H groups in total. The summed E-state index contributed by atoms with van der Waals surface area (Å²) >= 11 is 0. The molecule has 1 aromatic heterocycles. The van der Waals surface area contributed by atoms with Gasteiger partial charge >= 0.3 is 0 Å². The highest BCUT2D eigenvalue weighted by atomic mass is 16.5. The Balaban J connectivity index is 2.11. The minimum Gasteiger partial charge on any atom is -0.495 e. The molecule has 3 nitrogen and oxygen atoms in total. The van der Waals surface area contributed by atoms with E-state index in [-0.39, 0.29) is 0 Å². The third-order valence-electron chi connectivity index (χ3n) is 3.81. The van der Waals surface area contributed by atoms with Crippen LogP contribution >= 0.6 is 0 Å². The number of pyridine rings is 1. The Kier molecular flexibility index (Phi) is 3.48. The first-order valence-corrected chi connectivity index (χ1v) is 6.95. The molecule has 21 heavy (non-hydrogen) atoms. The largest absolute Gasteiger partial charge is 0.495 e. The van der Waals surface area contributed by atoms with E-state index in [1.807, 2.05) is 36.5 Å². The lowest BCUT2D eigenvalue weighted by Crippen LogP contribution is -1.97.